The van der Waals surface area contributed by atoms with E-state index in [9.17, 15) is 0 Å². The van der Waals surface area contributed by atoms with E-state index in [-0.39, 0.29) is 0 Å². The maximum absolute atomic E-state index is 5.67. The Morgan fingerprint density at radius 3 is 2.21 bits per heavy atom. The molecule has 4 rings (SSSR count). The van der Waals surface area contributed by atoms with Crippen molar-refractivity contribution in [2.75, 3.05) is 0 Å². The van der Waals surface area contributed by atoms with Crippen LogP contribution in [0.15, 0.2) is 51.5 Å². The minimum Gasteiger partial charge on any atom is -0.464 e. The van der Waals surface area contributed by atoms with Crippen LogP contribution in [0.2, 0.25) is 0 Å². The lowest BCUT2D eigenvalue weighted by Gasteiger charge is -1.89. The van der Waals surface area contributed by atoms with Gasteiger partial charge in [-0.25, -0.2) is 0 Å². The Bertz CT molecular complexity index is 799. The fourth-order valence-electron chi connectivity index (χ4n) is 2.06. The Hall–Kier alpha value is -1.78. The van der Waals surface area contributed by atoms with E-state index in [1.807, 2.05) is 31.2 Å². The second-order valence-electron chi connectivity index (χ2n) is 4.34. The molecular formula is C15H10O2S2. The molecule has 4 heteroatoms. The standard InChI is InChI=1S/C15H10O2S2/c1-9-4-5-11(17-9)13-8-15-14(19-13)7-12(18-15)10-3-2-6-16-10/h2-8H,1H3. The molecule has 0 N–H and O–H groups in total. The van der Waals surface area contributed by atoms with Crippen molar-refractivity contribution in [1.82, 2.24) is 0 Å². The molecule has 4 aromatic heterocycles. The van der Waals surface area contributed by atoms with Gasteiger partial charge in [0.25, 0.3) is 0 Å². The summed E-state index contributed by atoms with van der Waals surface area (Å²) in [5.74, 6) is 2.83. The highest BCUT2D eigenvalue weighted by Crippen LogP contribution is 2.41. The zero-order chi connectivity index (χ0) is 12.8. The molecular weight excluding hydrogens is 276 g/mol. The number of fused-ring (bicyclic) bond motifs is 1. The quantitative estimate of drug-likeness (QED) is 0.466. The number of hydrogen-bond donors (Lipinski definition) is 0. The first-order valence-electron chi connectivity index (χ1n) is 5.94. The van der Waals surface area contributed by atoms with Gasteiger partial charge in [-0.15, -0.1) is 22.7 Å². The van der Waals surface area contributed by atoms with Crippen LogP contribution < -0.4 is 0 Å². The molecule has 0 aliphatic heterocycles. The molecule has 0 unspecified atom stereocenters. The smallest absolute Gasteiger partial charge is 0.144 e. The number of thiophene rings is 2. The Morgan fingerprint density at radius 1 is 0.895 bits per heavy atom. The SMILES string of the molecule is Cc1ccc(-c2cc3sc(-c4ccco4)cc3s2)o1. The highest BCUT2D eigenvalue weighted by Gasteiger charge is 2.12. The third-order valence-electron chi connectivity index (χ3n) is 2.95. The maximum atomic E-state index is 5.67. The van der Waals surface area contributed by atoms with Crippen molar-refractivity contribution in [2.45, 2.75) is 6.92 Å². The fourth-order valence-corrected chi connectivity index (χ4v) is 4.39. The van der Waals surface area contributed by atoms with E-state index in [2.05, 4.69) is 12.1 Å². The molecule has 0 atom stereocenters. The third-order valence-corrected chi connectivity index (χ3v) is 5.28. The molecule has 0 aliphatic rings. The summed E-state index contributed by atoms with van der Waals surface area (Å²) in [6.45, 7) is 1.97. The molecule has 0 fully saturated rings. The fraction of sp³-hybridized carbons (Fsp3) is 0.0667. The summed E-state index contributed by atoms with van der Waals surface area (Å²) in [4.78, 5) is 2.36. The minimum absolute atomic E-state index is 0.934. The molecule has 4 heterocycles. The van der Waals surface area contributed by atoms with Gasteiger partial charge in [0.2, 0.25) is 0 Å². The van der Waals surface area contributed by atoms with Gasteiger partial charge in [0.05, 0.1) is 16.0 Å². The van der Waals surface area contributed by atoms with E-state index in [0.717, 1.165) is 17.3 Å². The lowest BCUT2D eigenvalue weighted by atomic mass is 10.3. The Labute approximate surface area is 117 Å². The van der Waals surface area contributed by atoms with Gasteiger partial charge < -0.3 is 8.83 Å². The van der Waals surface area contributed by atoms with Crippen LogP contribution in [0.25, 0.3) is 30.7 Å². The van der Waals surface area contributed by atoms with Gasteiger partial charge in [-0.2, -0.15) is 0 Å². The van der Waals surface area contributed by atoms with Crippen LogP contribution >= 0.6 is 22.7 Å². The van der Waals surface area contributed by atoms with E-state index < -0.39 is 0 Å². The summed E-state index contributed by atoms with van der Waals surface area (Å²) in [6.07, 6.45) is 1.71. The molecule has 0 amide bonds. The van der Waals surface area contributed by atoms with E-state index in [1.54, 1.807) is 28.9 Å². The maximum Gasteiger partial charge on any atom is 0.144 e. The van der Waals surface area contributed by atoms with Gasteiger partial charge in [-0.3, -0.25) is 0 Å². The first kappa shape index (κ1) is 11.1. The van der Waals surface area contributed by atoms with Crippen LogP contribution in [0.4, 0.5) is 0 Å². The Balaban J connectivity index is 1.80. The van der Waals surface area contributed by atoms with E-state index in [1.165, 1.54) is 19.2 Å². The molecule has 2 nitrogen and oxygen atoms in total. The van der Waals surface area contributed by atoms with Crippen LogP contribution in [0, 0.1) is 6.92 Å². The lowest BCUT2D eigenvalue weighted by molar-refractivity contribution is 0.549. The number of rotatable bonds is 2. The molecule has 0 bridgehead atoms. The second-order valence-corrected chi connectivity index (χ2v) is 6.50. The molecule has 94 valence electrons. The lowest BCUT2D eigenvalue weighted by Crippen LogP contribution is -1.62. The first-order chi connectivity index (χ1) is 9.29. The van der Waals surface area contributed by atoms with E-state index >= 15 is 0 Å². The van der Waals surface area contributed by atoms with Crippen molar-refractivity contribution in [3.63, 3.8) is 0 Å². The van der Waals surface area contributed by atoms with Crippen molar-refractivity contribution in [3.05, 3.63) is 48.4 Å². The van der Waals surface area contributed by atoms with Crippen LogP contribution in [-0.2, 0) is 0 Å². The molecule has 0 radical (unpaired) electrons. The van der Waals surface area contributed by atoms with Crippen LogP contribution in [0.1, 0.15) is 5.76 Å². The first-order valence-corrected chi connectivity index (χ1v) is 7.57. The molecule has 0 spiro atoms. The Morgan fingerprint density at radius 2 is 1.63 bits per heavy atom. The third kappa shape index (κ3) is 1.84. The van der Waals surface area contributed by atoms with Crippen LogP contribution in [-0.4, -0.2) is 0 Å². The molecule has 19 heavy (non-hydrogen) atoms. The summed E-state index contributed by atoms with van der Waals surface area (Å²) >= 11 is 3.51. The van der Waals surface area contributed by atoms with Crippen molar-refractivity contribution in [1.29, 1.82) is 0 Å². The molecule has 0 saturated heterocycles. The van der Waals surface area contributed by atoms with Crippen molar-refractivity contribution in [2.24, 2.45) is 0 Å². The van der Waals surface area contributed by atoms with Gasteiger partial charge in [-0.05, 0) is 43.3 Å². The minimum atomic E-state index is 0.934. The Kier molecular flexibility index (Phi) is 2.40. The largest absolute Gasteiger partial charge is 0.464 e. The topological polar surface area (TPSA) is 26.3 Å². The predicted octanol–water partition coefficient (Wildman–Crippen LogP) is 5.79. The van der Waals surface area contributed by atoms with Crippen molar-refractivity contribution >= 4 is 32.1 Å². The highest BCUT2D eigenvalue weighted by molar-refractivity contribution is 7.30. The summed E-state index contributed by atoms with van der Waals surface area (Å²) in [7, 11) is 0. The van der Waals surface area contributed by atoms with Crippen molar-refractivity contribution in [3.8, 4) is 21.3 Å². The van der Waals surface area contributed by atoms with E-state index in [4.69, 9.17) is 8.83 Å². The van der Waals surface area contributed by atoms with Gasteiger partial charge in [-0.1, -0.05) is 0 Å². The average Bonchev–Trinajstić information content (AvgIpc) is 3.10. The normalized spacial score (nSPS) is 11.4. The summed E-state index contributed by atoms with van der Waals surface area (Å²) < 4.78 is 13.7. The summed E-state index contributed by atoms with van der Waals surface area (Å²) in [6, 6.07) is 12.3. The number of aryl methyl sites for hydroxylation is 1. The van der Waals surface area contributed by atoms with Gasteiger partial charge in [0.15, 0.2) is 0 Å². The zero-order valence-corrected chi connectivity index (χ0v) is 11.8. The number of hydrogen-bond acceptors (Lipinski definition) is 4. The van der Waals surface area contributed by atoms with Crippen LogP contribution in [0.3, 0.4) is 0 Å². The monoisotopic (exact) mass is 286 g/mol. The van der Waals surface area contributed by atoms with Crippen LogP contribution in [0.5, 0.6) is 0 Å². The predicted molar refractivity (Wildman–Crippen MR) is 79.8 cm³/mol. The number of furan rings is 2. The van der Waals surface area contributed by atoms with E-state index in [0.29, 0.717) is 0 Å². The molecule has 0 aliphatic carbocycles. The van der Waals surface area contributed by atoms with Crippen molar-refractivity contribution < 1.29 is 8.83 Å². The molecule has 0 saturated carbocycles. The second kappa shape index (κ2) is 4.11. The summed E-state index contributed by atoms with van der Waals surface area (Å²) in [5, 5.41) is 0. The zero-order valence-electron chi connectivity index (χ0n) is 10.2. The van der Waals surface area contributed by atoms with Gasteiger partial charge in [0.1, 0.15) is 17.3 Å². The molecule has 0 aromatic carbocycles. The highest BCUT2D eigenvalue weighted by atomic mass is 32.1. The summed E-state index contributed by atoms with van der Waals surface area (Å²) in [5.41, 5.74) is 0. The average molecular weight is 286 g/mol. The van der Waals surface area contributed by atoms with Gasteiger partial charge >= 0.3 is 0 Å². The molecule has 4 aromatic rings. The van der Waals surface area contributed by atoms with Gasteiger partial charge in [0, 0.05) is 9.40 Å².